The number of sulfone groups is 1. The van der Waals surface area contributed by atoms with E-state index in [0.717, 1.165) is 11.1 Å². The normalized spacial score (nSPS) is 19.1. The summed E-state index contributed by atoms with van der Waals surface area (Å²) in [4.78, 5) is 0.331. The summed E-state index contributed by atoms with van der Waals surface area (Å²) in [7, 11) is -1.46. The van der Waals surface area contributed by atoms with Gasteiger partial charge < -0.3 is 4.74 Å². The predicted octanol–water partition coefficient (Wildman–Crippen LogP) is 5.84. The Balaban J connectivity index is 1.90. The molecule has 4 heteroatoms. The first-order valence-corrected chi connectivity index (χ1v) is 12.0. The van der Waals surface area contributed by atoms with Crippen molar-refractivity contribution in [3.63, 3.8) is 0 Å². The molecule has 29 heavy (non-hydrogen) atoms. The molecular formula is C25H32O3S. The van der Waals surface area contributed by atoms with Gasteiger partial charge in [0, 0.05) is 13.4 Å². The second-order valence-corrected chi connectivity index (χ2v) is 11.4. The second kappa shape index (κ2) is 7.73. The van der Waals surface area contributed by atoms with Gasteiger partial charge in [-0.1, -0.05) is 70.2 Å². The minimum Gasteiger partial charge on any atom is -0.373 e. The average Bonchev–Trinajstić information content (AvgIpc) is 2.66. The molecule has 0 aliphatic heterocycles. The van der Waals surface area contributed by atoms with Crippen LogP contribution in [0.5, 0.6) is 0 Å². The number of ether oxygens (including phenoxy) is 1. The summed E-state index contributed by atoms with van der Waals surface area (Å²) in [6.45, 7) is 9.31. The van der Waals surface area contributed by atoms with Crippen LogP contribution in [0.25, 0.3) is 6.08 Å². The van der Waals surface area contributed by atoms with Gasteiger partial charge in [0.15, 0.2) is 9.84 Å². The molecule has 0 spiro atoms. The van der Waals surface area contributed by atoms with E-state index in [-0.39, 0.29) is 16.9 Å². The predicted molar refractivity (Wildman–Crippen MR) is 120 cm³/mol. The van der Waals surface area contributed by atoms with Gasteiger partial charge in [-0.3, -0.25) is 0 Å². The molecule has 0 saturated carbocycles. The molecule has 1 atom stereocenters. The van der Waals surface area contributed by atoms with Gasteiger partial charge in [-0.2, -0.15) is 0 Å². The molecule has 0 radical (unpaired) electrons. The van der Waals surface area contributed by atoms with Gasteiger partial charge in [-0.25, -0.2) is 8.42 Å². The molecule has 2 aromatic rings. The zero-order chi connectivity index (χ0) is 21.4. The molecule has 0 aromatic heterocycles. The monoisotopic (exact) mass is 412 g/mol. The largest absolute Gasteiger partial charge is 0.373 e. The molecule has 156 valence electrons. The summed E-state index contributed by atoms with van der Waals surface area (Å²) in [5.74, 6) is 0. The van der Waals surface area contributed by atoms with Gasteiger partial charge in [-0.15, -0.1) is 0 Å². The first-order valence-electron chi connectivity index (χ1n) is 10.1. The average molecular weight is 413 g/mol. The first-order chi connectivity index (χ1) is 13.4. The Hall–Kier alpha value is -1.91. The van der Waals surface area contributed by atoms with Crippen molar-refractivity contribution in [3.8, 4) is 0 Å². The Kier molecular flexibility index (Phi) is 5.81. The maximum atomic E-state index is 11.6. The highest BCUT2D eigenvalue weighted by atomic mass is 32.2. The van der Waals surface area contributed by atoms with Crippen LogP contribution in [0.1, 0.15) is 68.9 Å². The van der Waals surface area contributed by atoms with Crippen LogP contribution >= 0.6 is 0 Å². The summed E-state index contributed by atoms with van der Waals surface area (Å²) < 4.78 is 29.0. The van der Waals surface area contributed by atoms with Crippen molar-refractivity contribution < 1.29 is 13.2 Å². The molecule has 0 heterocycles. The van der Waals surface area contributed by atoms with E-state index in [0.29, 0.717) is 4.90 Å². The molecule has 0 amide bonds. The van der Waals surface area contributed by atoms with Gasteiger partial charge in [0.1, 0.15) is 6.10 Å². The zero-order valence-electron chi connectivity index (χ0n) is 18.3. The molecule has 0 fully saturated rings. The highest BCUT2D eigenvalue weighted by molar-refractivity contribution is 7.90. The lowest BCUT2D eigenvalue weighted by molar-refractivity contribution is 0.143. The maximum absolute atomic E-state index is 11.6. The van der Waals surface area contributed by atoms with Crippen LogP contribution in [-0.2, 0) is 25.4 Å². The molecule has 1 aliphatic rings. The molecular weight excluding hydrogens is 380 g/mol. The van der Waals surface area contributed by atoms with E-state index in [4.69, 9.17) is 4.74 Å². The first kappa shape index (κ1) is 21.8. The minimum absolute atomic E-state index is 0.157. The quantitative estimate of drug-likeness (QED) is 0.619. The van der Waals surface area contributed by atoms with E-state index in [1.54, 1.807) is 19.2 Å². The lowest BCUT2D eigenvalue weighted by Crippen LogP contribution is -2.34. The van der Waals surface area contributed by atoms with Crippen molar-refractivity contribution in [3.05, 3.63) is 70.8 Å². The van der Waals surface area contributed by atoms with E-state index in [2.05, 4.69) is 45.9 Å². The fourth-order valence-electron chi connectivity index (χ4n) is 4.13. The van der Waals surface area contributed by atoms with Crippen LogP contribution in [-0.4, -0.2) is 21.8 Å². The Labute approximate surface area is 175 Å². The van der Waals surface area contributed by atoms with Crippen molar-refractivity contribution in [2.24, 2.45) is 0 Å². The fraction of sp³-hybridized carbons (Fsp3) is 0.440. The Morgan fingerprint density at radius 3 is 2.07 bits per heavy atom. The third-order valence-electron chi connectivity index (χ3n) is 6.23. The summed E-state index contributed by atoms with van der Waals surface area (Å²) in [5.41, 5.74) is 5.29. The van der Waals surface area contributed by atoms with Gasteiger partial charge in [0.05, 0.1) is 4.90 Å². The fourth-order valence-corrected chi connectivity index (χ4v) is 4.76. The molecule has 1 unspecified atom stereocenters. The van der Waals surface area contributed by atoms with E-state index in [1.165, 1.54) is 30.2 Å². The second-order valence-electron chi connectivity index (χ2n) is 9.43. The smallest absolute Gasteiger partial charge is 0.175 e. The van der Waals surface area contributed by atoms with E-state index < -0.39 is 9.84 Å². The van der Waals surface area contributed by atoms with Crippen molar-refractivity contribution in [2.75, 3.05) is 13.4 Å². The SMILES string of the molecule is COC(C=Cc1ccc(S(C)(=O)=O)cc1)c1ccc2c(c1)C(C)(C)CCC2(C)C. The zero-order valence-corrected chi connectivity index (χ0v) is 19.1. The van der Waals surface area contributed by atoms with Crippen LogP contribution in [0.3, 0.4) is 0 Å². The Morgan fingerprint density at radius 2 is 1.52 bits per heavy atom. The van der Waals surface area contributed by atoms with Crippen molar-refractivity contribution in [1.29, 1.82) is 0 Å². The summed E-state index contributed by atoms with van der Waals surface area (Å²) in [5, 5.41) is 0. The molecule has 1 aliphatic carbocycles. The summed E-state index contributed by atoms with van der Waals surface area (Å²) in [6, 6.07) is 13.7. The van der Waals surface area contributed by atoms with Gasteiger partial charge >= 0.3 is 0 Å². The maximum Gasteiger partial charge on any atom is 0.175 e. The van der Waals surface area contributed by atoms with Crippen molar-refractivity contribution in [2.45, 2.75) is 62.4 Å². The molecule has 3 nitrogen and oxygen atoms in total. The van der Waals surface area contributed by atoms with Crippen molar-refractivity contribution in [1.82, 2.24) is 0 Å². The van der Waals surface area contributed by atoms with Crippen LogP contribution in [0.4, 0.5) is 0 Å². The highest BCUT2D eigenvalue weighted by Crippen LogP contribution is 2.46. The van der Waals surface area contributed by atoms with Crippen molar-refractivity contribution >= 4 is 15.9 Å². The molecule has 0 N–H and O–H groups in total. The van der Waals surface area contributed by atoms with E-state index >= 15 is 0 Å². The van der Waals surface area contributed by atoms with E-state index in [9.17, 15) is 8.42 Å². The van der Waals surface area contributed by atoms with Crippen LogP contribution in [0.15, 0.2) is 53.4 Å². The number of fused-ring (bicyclic) bond motifs is 1. The standard InChI is InChI=1S/C25H32O3S/c1-24(2)15-16-25(3,4)22-17-19(10-13-21(22)24)23(28-5)14-9-18-7-11-20(12-8-18)29(6,26)27/h7-14,17,23H,15-16H2,1-6H3. The number of benzene rings is 2. The third-order valence-corrected chi connectivity index (χ3v) is 7.36. The number of hydrogen-bond donors (Lipinski definition) is 0. The van der Waals surface area contributed by atoms with Gasteiger partial charge in [-0.05, 0) is 58.1 Å². The Bertz CT molecular complexity index is 1010. The third kappa shape index (κ3) is 4.65. The Morgan fingerprint density at radius 1 is 0.931 bits per heavy atom. The van der Waals surface area contributed by atoms with Gasteiger partial charge in [0.2, 0.25) is 0 Å². The topological polar surface area (TPSA) is 43.4 Å². The minimum atomic E-state index is -3.18. The number of rotatable bonds is 5. The molecule has 0 saturated heterocycles. The lowest BCUT2D eigenvalue weighted by atomic mass is 9.63. The summed E-state index contributed by atoms with van der Waals surface area (Å²) >= 11 is 0. The number of methoxy groups -OCH3 is 1. The van der Waals surface area contributed by atoms with Gasteiger partial charge in [0.25, 0.3) is 0 Å². The number of hydrogen-bond acceptors (Lipinski definition) is 3. The lowest BCUT2D eigenvalue weighted by Gasteiger charge is -2.42. The summed E-state index contributed by atoms with van der Waals surface area (Å²) in [6.07, 6.45) is 7.45. The van der Waals surface area contributed by atoms with Crippen LogP contribution in [0, 0.1) is 0 Å². The van der Waals surface area contributed by atoms with Crippen LogP contribution < -0.4 is 0 Å². The van der Waals surface area contributed by atoms with Crippen LogP contribution in [0.2, 0.25) is 0 Å². The highest BCUT2D eigenvalue weighted by Gasteiger charge is 2.37. The molecule has 2 aromatic carbocycles. The van der Waals surface area contributed by atoms with E-state index in [1.807, 2.05) is 24.3 Å². The molecule has 3 rings (SSSR count). The molecule has 0 bridgehead atoms.